The fraction of sp³-hybridized carbons (Fsp3) is 0.412. The highest BCUT2D eigenvalue weighted by Crippen LogP contribution is 2.22. The average Bonchev–Trinajstić information content (AvgIpc) is 2.94. The second-order valence-corrected chi connectivity index (χ2v) is 5.08. The van der Waals surface area contributed by atoms with Crippen molar-refractivity contribution in [3.8, 4) is 0 Å². The van der Waals surface area contributed by atoms with Crippen molar-refractivity contribution >= 4 is 22.7 Å². The van der Waals surface area contributed by atoms with E-state index in [0.717, 1.165) is 30.2 Å². The van der Waals surface area contributed by atoms with Gasteiger partial charge in [0.2, 0.25) is 5.78 Å². The highest BCUT2D eigenvalue weighted by Gasteiger charge is 2.15. The summed E-state index contributed by atoms with van der Waals surface area (Å²) in [6.45, 7) is 3.90. The molecule has 0 aliphatic carbocycles. The van der Waals surface area contributed by atoms with Gasteiger partial charge in [0.05, 0.1) is 0 Å². The molecule has 0 amide bonds. The molecule has 0 bridgehead atoms. The van der Waals surface area contributed by atoms with Gasteiger partial charge < -0.3 is 9.72 Å². The van der Waals surface area contributed by atoms with E-state index < -0.39 is 0 Å². The van der Waals surface area contributed by atoms with Crippen LogP contribution in [0.15, 0.2) is 24.4 Å². The first-order valence-corrected chi connectivity index (χ1v) is 7.45. The van der Waals surface area contributed by atoms with Gasteiger partial charge in [0.25, 0.3) is 0 Å². The molecule has 0 atom stereocenters. The van der Waals surface area contributed by atoms with Gasteiger partial charge in [-0.15, -0.1) is 0 Å². The lowest BCUT2D eigenvalue weighted by Crippen LogP contribution is -2.13. The molecule has 1 heterocycles. The highest BCUT2D eigenvalue weighted by atomic mass is 16.5. The summed E-state index contributed by atoms with van der Waals surface area (Å²) >= 11 is 0. The summed E-state index contributed by atoms with van der Waals surface area (Å²) in [6.07, 6.45) is 4.70. The van der Waals surface area contributed by atoms with E-state index >= 15 is 0 Å². The number of fused-ring (bicyclic) bond motifs is 1. The van der Waals surface area contributed by atoms with Gasteiger partial charge in [-0.25, -0.2) is 0 Å². The highest BCUT2D eigenvalue weighted by molar-refractivity contribution is 6.09. The number of unbranched alkanes of at least 4 members (excludes halogenated alkanes) is 1. The maximum absolute atomic E-state index is 12.2. The van der Waals surface area contributed by atoms with Crippen LogP contribution >= 0.6 is 0 Å². The Labute approximate surface area is 124 Å². The van der Waals surface area contributed by atoms with E-state index in [4.69, 9.17) is 4.74 Å². The van der Waals surface area contributed by atoms with E-state index in [0.29, 0.717) is 12.0 Å². The third-order valence-corrected chi connectivity index (χ3v) is 3.58. The molecule has 2 aromatic rings. The maximum atomic E-state index is 12.2. The Morgan fingerprint density at radius 3 is 2.76 bits per heavy atom. The normalized spacial score (nSPS) is 10.8. The van der Waals surface area contributed by atoms with Crippen molar-refractivity contribution in [2.75, 3.05) is 6.61 Å². The number of benzene rings is 1. The van der Waals surface area contributed by atoms with E-state index in [1.165, 1.54) is 5.56 Å². The molecule has 0 saturated carbocycles. The Balaban J connectivity index is 2.08. The molecule has 0 aliphatic heterocycles. The summed E-state index contributed by atoms with van der Waals surface area (Å²) in [5.74, 6) is -0.473. The van der Waals surface area contributed by atoms with Crippen LogP contribution in [0.5, 0.6) is 0 Å². The number of aryl methyl sites for hydroxylation is 1. The molecule has 4 nitrogen and oxygen atoms in total. The van der Waals surface area contributed by atoms with Crippen LogP contribution in [0, 0.1) is 0 Å². The van der Waals surface area contributed by atoms with Gasteiger partial charge in [0.1, 0.15) is 0 Å². The Kier molecular flexibility index (Phi) is 5.14. The van der Waals surface area contributed by atoms with Crippen molar-refractivity contribution in [2.24, 2.45) is 0 Å². The lowest BCUT2D eigenvalue weighted by atomic mass is 10.1. The first kappa shape index (κ1) is 15.3. The zero-order valence-corrected chi connectivity index (χ0v) is 12.6. The van der Waals surface area contributed by atoms with Crippen molar-refractivity contribution in [3.05, 3.63) is 35.5 Å². The summed E-state index contributed by atoms with van der Waals surface area (Å²) in [7, 11) is 0. The van der Waals surface area contributed by atoms with Gasteiger partial charge >= 0.3 is 5.97 Å². The van der Waals surface area contributed by atoms with E-state index in [-0.39, 0.29) is 18.4 Å². The molecule has 0 unspecified atom stereocenters. The summed E-state index contributed by atoms with van der Waals surface area (Å²) in [5.41, 5.74) is 2.75. The minimum atomic E-state index is -0.306. The van der Waals surface area contributed by atoms with Gasteiger partial charge in [0.15, 0.2) is 6.61 Å². The number of carbonyl (C=O) groups excluding carboxylic acids is 2. The van der Waals surface area contributed by atoms with Crippen molar-refractivity contribution in [2.45, 2.75) is 39.5 Å². The van der Waals surface area contributed by atoms with Crippen LogP contribution in [-0.4, -0.2) is 23.3 Å². The molecule has 1 aromatic heterocycles. The molecular weight excluding hydrogens is 266 g/mol. The number of aromatic amines is 1. The predicted octanol–water partition coefficient (Wildman–Crippen LogP) is 3.65. The topological polar surface area (TPSA) is 59.2 Å². The van der Waals surface area contributed by atoms with Crippen molar-refractivity contribution in [1.29, 1.82) is 0 Å². The Bertz CT molecular complexity index is 643. The van der Waals surface area contributed by atoms with Gasteiger partial charge in [-0.2, -0.15) is 0 Å². The number of Topliss-reactive ketones (excluding diaryl/α,β-unsaturated/α-hetero) is 1. The number of para-hydroxylation sites is 1. The molecule has 4 heteroatoms. The number of hydrogen-bond acceptors (Lipinski definition) is 3. The van der Waals surface area contributed by atoms with Gasteiger partial charge in [-0.05, 0) is 18.4 Å². The second-order valence-electron chi connectivity index (χ2n) is 5.08. The van der Waals surface area contributed by atoms with Crippen LogP contribution < -0.4 is 0 Å². The van der Waals surface area contributed by atoms with Gasteiger partial charge in [-0.3, -0.25) is 9.59 Å². The molecule has 0 saturated heterocycles. The number of ether oxygens (including phenoxy) is 1. The molecule has 0 fully saturated rings. The zero-order valence-electron chi connectivity index (χ0n) is 12.6. The predicted molar refractivity (Wildman–Crippen MR) is 82.5 cm³/mol. The third kappa shape index (κ3) is 3.51. The second kappa shape index (κ2) is 7.07. The number of rotatable bonds is 7. The lowest BCUT2D eigenvalue weighted by molar-refractivity contribution is -0.142. The summed E-state index contributed by atoms with van der Waals surface area (Å²) in [5, 5.41) is 0.893. The average molecular weight is 287 g/mol. The van der Waals surface area contributed by atoms with Crippen LogP contribution in [0.25, 0.3) is 10.9 Å². The summed E-state index contributed by atoms with van der Waals surface area (Å²) in [4.78, 5) is 26.8. The monoisotopic (exact) mass is 287 g/mol. The van der Waals surface area contributed by atoms with Crippen molar-refractivity contribution in [3.63, 3.8) is 0 Å². The number of hydrogen-bond donors (Lipinski definition) is 1. The van der Waals surface area contributed by atoms with Crippen LogP contribution in [0.1, 0.15) is 49.0 Å². The molecule has 2 rings (SSSR count). The van der Waals surface area contributed by atoms with E-state index in [2.05, 4.69) is 11.9 Å². The summed E-state index contributed by atoms with van der Waals surface area (Å²) in [6, 6.07) is 5.90. The van der Waals surface area contributed by atoms with Crippen LogP contribution in [0.3, 0.4) is 0 Å². The Morgan fingerprint density at radius 2 is 2.05 bits per heavy atom. The van der Waals surface area contributed by atoms with Crippen molar-refractivity contribution in [1.82, 2.24) is 4.98 Å². The van der Waals surface area contributed by atoms with E-state index in [1.807, 2.05) is 25.1 Å². The van der Waals surface area contributed by atoms with Crippen molar-refractivity contribution < 1.29 is 14.3 Å². The quantitative estimate of drug-likeness (QED) is 0.624. The number of H-pyrrole nitrogens is 1. The minimum absolute atomic E-state index is 0.167. The molecule has 21 heavy (non-hydrogen) atoms. The van der Waals surface area contributed by atoms with Gasteiger partial charge in [-0.1, -0.05) is 38.5 Å². The maximum Gasteiger partial charge on any atom is 0.306 e. The summed E-state index contributed by atoms with van der Waals surface area (Å²) < 4.78 is 5.03. The molecule has 0 radical (unpaired) electrons. The van der Waals surface area contributed by atoms with Crippen LogP contribution in [0.4, 0.5) is 0 Å². The fourth-order valence-electron chi connectivity index (χ4n) is 2.36. The van der Waals surface area contributed by atoms with Crippen LogP contribution in [0.2, 0.25) is 0 Å². The number of ketones is 1. The minimum Gasteiger partial charge on any atom is -0.457 e. The molecule has 1 N–H and O–H groups in total. The van der Waals surface area contributed by atoms with Crippen LogP contribution in [-0.2, 0) is 16.0 Å². The smallest absolute Gasteiger partial charge is 0.306 e. The Morgan fingerprint density at radius 1 is 1.24 bits per heavy atom. The Hall–Kier alpha value is -2.10. The number of aromatic nitrogens is 1. The number of carbonyl (C=O) groups is 2. The van der Waals surface area contributed by atoms with E-state index in [9.17, 15) is 9.59 Å². The molecule has 1 aromatic carbocycles. The first-order valence-electron chi connectivity index (χ1n) is 7.45. The molecule has 112 valence electrons. The standard InChI is InChI=1S/C17H21NO3/c1-3-5-9-16(20)21-11-15(19)14-10-18-17-12(4-2)7-6-8-13(14)17/h6-8,10,18H,3-5,9,11H2,1-2H3. The lowest BCUT2D eigenvalue weighted by Gasteiger charge is -2.04. The SMILES string of the molecule is CCCCC(=O)OCC(=O)c1c[nH]c2c(CC)cccc12. The number of esters is 1. The van der Waals surface area contributed by atoms with Gasteiger partial charge in [0, 0.05) is 29.1 Å². The zero-order chi connectivity index (χ0) is 15.2. The third-order valence-electron chi connectivity index (χ3n) is 3.58. The largest absolute Gasteiger partial charge is 0.457 e. The molecular formula is C17H21NO3. The van der Waals surface area contributed by atoms with E-state index in [1.54, 1.807) is 6.20 Å². The number of nitrogens with one attached hydrogen (secondary N) is 1. The first-order chi connectivity index (χ1) is 10.2. The fourth-order valence-corrected chi connectivity index (χ4v) is 2.36. The molecule has 0 aliphatic rings. The molecule has 0 spiro atoms.